The zero-order valence-corrected chi connectivity index (χ0v) is 15.9. The summed E-state index contributed by atoms with van der Waals surface area (Å²) in [6.45, 7) is 6.11. The Labute approximate surface area is 151 Å². The van der Waals surface area contributed by atoms with Crippen molar-refractivity contribution in [2.45, 2.75) is 65.5 Å². The van der Waals surface area contributed by atoms with E-state index in [4.69, 9.17) is 4.74 Å². The van der Waals surface area contributed by atoms with Crippen molar-refractivity contribution in [2.24, 2.45) is 22.2 Å². The van der Waals surface area contributed by atoms with Crippen LogP contribution in [0.2, 0.25) is 0 Å². The molecule has 2 atom stereocenters. The molecule has 0 aromatic heterocycles. The molecular weight excluding hydrogens is 310 g/mol. The summed E-state index contributed by atoms with van der Waals surface area (Å²) in [4.78, 5) is 13.2. The molecule has 136 valence electrons. The molecule has 3 nitrogen and oxygen atoms in total. The summed E-state index contributed by atoms with van der Waals surface area (Å²) in [5.41, 5.74) is 2.98. The van der Waals surface area contributed by atoms with Crippen LogP contribution in [-0.4, -0.2) is 13.0 Å². The van der Waals surface area contributed by atoms with Crippen LogP contribution in [0.1, 0.15) is 63.5 Å². The van der Waals surface area contributed by atoms with Gasteiger partial charge in [-0.05, 0) is 66.4 Å². The summed E-state index contributed by atoms with van der Waals surface area (Å²) in [5, 5.41) is 3.27. The molecule has 1 N–H and O–H groups in total. The van der Waals surface area contributed by atoms with Gasteiger partial charge in [-0.1, -0.05) is 38.1 Å². The Morgan fingerprint density at radius 3 is 2.20 bits per heavy atom. The summed E-state index contributed by atoms with van der Waals surface area (Å²) in [5.74, 6) is 1.06. The SMILES string of the molecule is COCc1ccc(CNC(=O)C23CC4CC(C)(CC(C)(C4)C2)C3)cc1. The fourth-order valence-corrected chi connectivity index (χ4v) is 6.99. The number of methoxy groups -OCH3 is 1. The molecule has 1 aromatic carbocycles. The number of hydrogen-bond acceptors (Lipinski definition) is 2. The smallest absolute Gasteiger partial charge is 0.226 e. The topological polar surface area (TPSA) is 38.3 Å². The number of hydrogen-bond donors (Lipinski definition) is 1. The molecule has 0 saturated heterocycles. The average Bonchev–Trinajstić information content (AvgIpc) is 2.50. The Morgan fingerprint density at radius 1 is 1.04 bits per heavy atom. The fourth-order valence-electron chi connectivity index (χ4n) is 6.99. The van der Waals surface area contributed by atoms with E-state index in [9.17, 15) is 4.79 Å². The quantitative estimate of drug-likeness (QED) is 0.859. The van der Waals surface area contributed by atoms with Crippen LogP contribution < -0.4 is 5.32 Å². The Balaban J connectivity index is 1.44. The van der Waals surface area contributed by atoms with Crippen molar-refractivity contribution in [3.8, 4) is 0 Å². The minimum atomic E-state index is -0.112. The largest absolute Gasteiger partial charge is 0.380 e. The van der Waals surface area contributed by atoms with Crippen LogP contribution in [0.15, 0.2) is 24.3 Å². The highest BCUT2D eigenvalue weighted by molar-refractivity contribution is 5.83. The Kier molecular flexibility index (Phi) is 3.99. The molecule has 0 heterocycles. The summed E-state index contributed by atoms with van der Waals surface area (Å²) in [6, 6.07) is 8.35. The lowest BCUT2D eigenvalue weighted by Crippen LogP contribution is -2.59. The van der Waals surface area contributed by atoms with Gasteiger partial charge in [0, 0.05) is 13.7 Å². The van der Waals surface area contributed by atoms with Crippen LogP contribution in [0, 0.1) is 22.2 Å². The van der Waals surface area contributed by atoms with Gasteiger partial charge in [0.15, 0.2) is 0 Å². The first kappa shape index (κ1) is 17.1. The maximum Gasteiger partial charge on any atom is 0.226 e. The third kappa shape index (κ3) is 3.12. The van der Waals surface area contributed by atoms with E-state index in [2.05, 4.69) is 43.4 Å². The maximum atomic E-state index is 13.2. The van der Waals surface area contributed by atoms with E-state index in [1.165, 1.54) is 24.8 Å². The Morgan fingerprint density at radius 2 is 1.64 bits per heavy atom. The monoisotopic (exact) mass is 341 g/mol. The molecule has 4 aliphatic rings. The van der Waals surface area contributed by atoms with Gasteiger partial charge in [0.05, 0.1) is 12.0 Å². The van der Waals surface area contributed by atoms with Gasteiger partial charge in [-0.15, -0.1) is 0 Å². The predicted molar refractivity (Wildman–Crippen MR) is 98.8 cm³/mol. The molecule has 1 amide bonds. The van der Waals surface area contributed by atoms with E-state index in [0.717, 1.165) is 30.7 Å². The molecular formula is C22H31NO2. The second kappa shape index (κ2) is 5.84. The van der Waals surface area contributed by atoms with Crippen LogP contribution in [0.3, 0.4) is 0 Å². The summed E-state index contributed by atoms with van der Waals surface area (Å²) < 4.78 is 5.15. The summed E-state index contributed by atoms with van der Waals surface area (Å²) in [6.07, 6.45) is 7.26. The summed E-state index contributed by atoms with van der Waals surface area (Å²) >= 11 is 0. The number of carbonyl (C=O) groups excluding carboxylic acids is 1. The van der Waals surface area contributed by atoms with E-state index in [-0.39, 0.29) is 5.41 Å². The average molecular weight is 341 g/mol. The number of rotatable bonds is 5. The molecule has 4 aliphatic carbocycles. The first-order chi connectivity index (χ1) is 11.8. The second-order valence-corrected chi connectivity index (χ2v) is 9.84. The first-order valence-electron chi connectivity index (χ1n) is 9.69. The van der Waals surface area contributed by atoms with Gasteiger partial charge < -0.3 is 10.1 Å². The normalized spacial score (nSPS) is 38.8. The second-order valence-electron chi connectivity index (χ2n) is 9.84. The van der Waals surface area contributed by atoms with Crippen LogP contribution in [0.4, 0.5) is 0 Å². The van der Waals surface area contributed by atoms with E-state index < -0.39 is 0 Å². The zero-order chi connectivity index (χ0) is 17.7. The van der Waals surface area contributed by atoms with Crippen molar-refractivity contribution < 1.29 is 9.53 Å². The third-order valence-corrected chi connectivity index (χ3v) is 6.89. The molecule has 2 unspecified atom stereocenters. The van der Waals surface area contributed by atoms with Crippen LogP contribution in [0.5, 0.6) is 0 Å². The van der Waals surface area contributed by atoms with Gasteiger partial charge in [0.25, 0.3) is 0 Å². The lowest BCUT2D eigenvalue weighted by atomic mass is 9.40. The highest BCUT2D eigenvalue weighted by atomic mass is 16.5. The predicted octanol–water partition coefficient (Wildman–Crippen LogP) is 4.45. The van der Waals surface area contributed by atoms with Gasteiger partial charge in [0.2, 0.25) is 5.91 Å². The lowest BCUT2D eigenvalue weighted by Gasteiger charge is -2.64. The molecule has 4 bridgehead atoms. The van der Waals surface area contributed by atoms with Crippen LogP contribution >= 0.6 is 0 Å². The third-order valence-electron chi connectivity index (χ3n) is 6.89. The Hall–Kier alpha value is -1.35. The molecule has 0 aliphatic heterocycles. The van der Waals surface area contributed by atoms with Crippen molar-refractivity contribution in [2.75, 3.05) is 7.11 Å². The fraction of sp³-hybridized carbons (Fsp3) is 0.682. The van der Waals surface area contributed by atoms with Gasteiger partial charge >= 0.3 is 0 Å². The highest BCUT2D eigenvalue weighted by Gasteiger charge is 2.62. The number of carbonyl (C=O) groups is 1. The zero-order valence-electron chi connectivity index (χ0n) is 15.9. The molecule has 3 heteroatoms. The molecule has 0 spiro atoms. The first-order valence-corrected chi connectivity index (χ1v) is 9.69. The van der Waals surface area contributed by atoms with Gasteiger partial charge in [0.1, 0.15) is 0 Å². The van der Waals surface area contributed by atoms with Crippen LogP contribution in [-0.2, 0) is 22.7 Å². The molecule has 4 saturated carbocycles. The number of benzene rings is 1. The standard InChI is InChI=1S/C22H31NO2/c1-20-8-18-9-21(2,13-20)15-22(10-18,14-20)19(24)23-11-16-4-6-17(7-5-16)12-25-3/h4-7,18H,8-15H2,1-3H3,(H,23,24). The molecule has 0 radical (unpaired) electrons. The Bertz CT molecular complexity index is 647. The van der Waals surface area contributed by atoms with E-state index in [1.807, 2.05) is 0 Å². The summed E-state index contributed by atoms with van der Waals surface area (Å²) in [7, 11) is 1.71. The molecule has 4 fully saturated rings. The van der Waals surface area contributed by atoms with E-state index in [1.54, 1.807) is 7.11 Å². The number of amides is 1. The van der Waals surface area contributed by atoms with Crippen LogP contribution in [0.25, 0.3) is 0 Å². The molecule has 5 rings (SSSR count). The number of nitrogens with one attached hydrogen (secondary N) is 1. The molecule has 1 aromatic rings. The van der Waals surface area contributed by atoms with Crippen molar-refractivity contribution in [3.63, 3.8) is 0 Å². The van der Waals surface area contributed by atoms with Crippen molar-refractivity contribution in [1.29, 1.82) is 0 Å². The molecule has 25 heavy (non-hydrogen) atoms. The minimum Gasteiger partial charge on any atom is -0.380 e. The van der Waals surface area contributed by atoms with E-state index >= 15 is 0 Å². The van der Waals surface area contributed by atoms with Gasteiger partial charge in [-0.3, -0.25) is 4.79 Å². The van der Waals surface area contributed by atoms with Crippen molar-refractivity contribution in [3.05, 3.63) is 35.4 Å². The van der Waals surface area contributed by atoms with Crippen molar-refractivity contribution >= 4 is 5.91 Å². The maximum absolute atomic E-state index is 13.2. The van der Waals surface area contributed by atoms with Gasteiger partial charge in [-0.25, -0.2) is 0 Å². The number of ether oxygens (including phenoxy) is 1. The minimum absolute atomic E-state index is 0.112. The lowest BCUT2D eigenvalue weighted by molar-refractivity contribution is -0.170. The van der Waals surface area contributed by atoms with Gasteiger partial charge in [-0.2, -0.15) is 0 Å². The highest BCUT2D eigenvalue weighted by Crippen LogP contribution is 2.69. The van der Waals surface area contributed by atoms with Crippen molar-refractivity contribution in [1.82, 2.24) is 5.32 Å². The van der Waals surface area contributed by atoms with E-state index in [0.29, 0.717) is 29.9 Å².